The molecular formula is C23H26Cl2N2O3. The van der Waals surface area contributed by atoms with Crippen LogP contribution in [-0.4, -0.2) is 42.5 Å². The summed E-state index contributed by atoms with van der Waals surface area (Å²) in [5, 5.41) is 3.94. The molecule has 1 heterocycles. The highest BCUT2D eigenvalue weighted by Crippen LogP contribution is 2.23. The minimum atomic E-state index is -0.125. The van der Waals surface area contributed by atoms with Gasteiger partial charge in [0.25, 0.3) is 5.91 Å². The second-order valence-electron chi connectivity index (χ2n) is 7.52. The van der Waals surface area contributed by atoms with Crippen molar-refractivity contribution in [2.24, 2.45) is 0 Å². The van der Waals surface area contributed by atoms with Crippen molar-refractivity contribution < 1.29 is 14.3 Å². The molecule has 1 aliphatic rings. The standard InChI is InChI=1S/C23H26Cl2N2O3/c1-16-4-7-19(8-5-16)30-14-2-3-22(28)26-18-10-12-27(13-11-18)23(29)20-15-17(24)6-9-21(20)25/h4-9,15,18H,2-3,10-14H2,1H3,(H,26,28). The largest absolute Gasteiger partial charge is 0.494 e. The summed E-state index contributed by atoms with van der Waals surface area (Å²) in [7, 11) is 0. The molecule has 1 aliphatic heterocycles. The first kappa shape index (κ1) is 22.4. The molecule has 0 saturated carbocycles. The van der Waals surface area contributed by atoms with Crippen molar-refractivity contribution in [2.45, 2.75) is 38.6 Å². The molecule has 1 saturated heterocycles. The Labute approximate surface area is 187 Å². The Kier molecular flexibility index (Phi) is 8.00. The smallest absolute Gasteiger partial charge is 0.255 e. The lowest BCUT2D eigenvalue weighted by Gasteiger charge is -2.32. The average Bonchev–Trinajstić information content (AvgIpc) is 2.74. The maximum atomic E-state index is 12.7. The first-order valence-corrected chi connectivity index (χ1v) is 10.9. The number of hydrogen-bond donors (Lipinski definition) is 1. The lowest BCUT2D eigenvalue weighted by molar-refractivity contribution is -0.122. The van der Waals surface area contributed by atoms with E-state index in [9.17, 15) is 9.59 Å². The Morgan fingerprint density at radius 3 is 2.50 bits per heavy atom. The fourth-order valence-electron chi connectivity index (χ4n) is 3.42. The molecule has 0 spiro atoms. The molecule has 1 fully saturated rings. The topological polar surface area (TPSA) is 58.6 Å². The number of likely N-dealkylation sites (tertiary alicyclic amines) is 1. The highest BCUT2D eigenvalue weighted by molar-refractivity contribution is 6.35. The number of amides is 2. The molecule has 0 radical (unpaired) electrons. The Hall–Kier alpha value is -2.24. The first-order chi connectivity index (χ1) is 14.4. The molecule has 160 valence electrons. The van der Waals surface area contributed by atoms with Gasteiger partial charge in [-0.15, -0.1) is 0 Å². The molecule has 1 N–H and O–H groups in total. The van der Waals surface area contributed by atoms with E-state index in [4.69, 9.17) is 27.9 Å². The number of rotatable bonds is 7. The summed E-state index contributed by atoms with van der Waals surface area (Å²) in [4.78, 5) is 26.7. The highest BCUT2D eigenvalue weighted by atomic mass is 35.5. The molecule has 2 amide bonds. The summed E-state index contributed by atoms with van der Waals surface area (Å²) in [6.45, 7) is 3.68. The van der Waals surface area contributed by atoms with Crippen LogP contribution >= 0.6 is 23.2 Å². The summed E-state index contributed by atoms with van der Waals surface area (Å²) < 4.78 is 5.66. The number of piperidine rings is 1. The predicted molar refractivity (Wildman–Crippen MR) is 119 cm³/mol. The lowest BCUT2D eigenvalue weighted by Crippen LogP contribution is -2.46. The quantitative estimate of drug-likeness (QED) is 0.613. The zero-order valence-corrected chi connectivity index (χ0v) is 18.5. The molecule has 0 bridgehead atoms. The number of hydrogen-bond acceptors (Lipinski definition) is 3. The SMILES string of the molecule is Cc1ccc(OCCCC(=O)NC2CCN(C(=O)c3cc(Cl)ccc3Cl)CC2)cc1. The van der Waals surface area contributed by atoms with Crippen LogP contribution in [0.2, 0.25) is 10.0 Å². The summed E-state index contributed by atoms with van der Waals surface area (Å²) in [6, 6.07) is 12.8. The van der Waals surface area contributed by atoms with E-state index in [2.05, 4.69) is 5.32 Å². The molecular weight excluding hydrogens is 423 g/mol. The number of carbonyl (C=O) groups excluding carboxylic acids is 2. The molecule has 0 unspecified atom stereocenters. The van der Waals surface area contributed by atoms with Gasteiger partial charge in [0, 0.05) is 30.6 Å². The van der Waals surface area contributed by atoms with Crippen molar-refractivity contribution in [3.8, 4) is 5.75 Å². The van der Waals surface area contributed by atoms with E-state index in [0.717, 1.165) is 18.6 Å². The monoisotopic (exact) mass is 448 g/mol. The molecule has 0 aromatic heterocycles. The molecule has 30 heavy (non-hydrogen) atoms. The van der Waals surface area contributed by atoms with Gasteiger partial charge in [-0.25, -0.2) is 0 Å². The third-order valence-corrected chi connectivity index (χ3v) is 5.71. The number of aryl methyl sites for hydroxylation is 1. The molecule has 5 nitrogen and oxygen atoms in total. The Morgan fingerprint density at radius 1 is 1.10 bits per heavy atom. The normalized spacial score (nSPS) is 14.4. The second kappa shape index (κ2) is 10.7. The Bertz CT molecular complexity index is 879. The number of ether oxygens (including phenoxy) is 1. The van der Waals surface area contributed by atoms with Gasteiger partial charge in [-0.3, -0.25) is 9.59 Å². The van der Waals surface area contributed by atoms with Crippen LogP contribution in [-0.2, 0) is 4.79 Å². The van der Waals surface area contributed by atoms with Crippen molar-refractivity contribution in [2.75, 3.05) is 19.7 Å². The van der Waals surface area contributed by atoms with Gasteiger partial charge in [0.15, 0.2) is 0 Å². The van der Waals surface area contributed by atoms with Gasteiger partial charge >= 0.3 is 0 Å². The zero-order valence-electron chi connectivity index (χ0n) is 17.0. The summed E-state index contributed by atoms with van der Waals surface area (Å²) >= 11 is 12.1. The van der Waals surface area contributed by atoms with E-state index in [0.29, 0.717) is 48.1 Å². The maximum absolute atomic E-state index is 12.7. The number of benzene rings is 2. The van der Waals surface area contributed by atoms with Crippen molar-refractivity contribution in [1.82, 2.24) is 10.2 Å². The number of nitrogens with one attached hydrogen (secondary N) is 1. The van der Waals surface area contributed by atoms with Gasteiger partial charge in [0.1, 0.15) is 5.75 Å². The number of carbonyl (C=O) groups is 2. The van der Waals surface area contributed by atoms with Gasteiger partial charge < -0.3 is 15.0 Å². The molecule has 0 aliphatic carbocycles. The second-order valence-corrected chi connectivity index (χ2v) is 8.37. The van der Waals surface area contributed by atoms with Gasteiger partial charge in [-0.2, -0.15) is 0 Å². The van der Waals surface area contributed by atoms with E-state index in [-0.39, 0.29) is 17.9 Å². The molecule has 0 atom stereocenters. The van der Waals surface area contributed by atoms with Gasteiger partial charge in [-0.05, 0) is 56.5 Å². The summed E-state index contributed by atoms with van der Waals surface area (Å²) in [5.74, 6) is 0.712. The van der Waals surface area contributed by atoms with Crippen LogP contribution in [0.25, 0.3) is 0 Å². The van der Waals surface area contributed by atoms with Crippen LogP contribution in [0.15, 0.2) is 42.5 Å². The van der Waals surface area contributed by atoms with Crippen molar-refractivity contribution >= 4 is 35.0 Å². The van der Waals surface area contributed by atoms with Crippen LogP contribution in [0.5, 0.6) is 5.75 Å². The van der Waals surface area contributed by atoms with E-state index in [1.165, 1.54) is 5.56 Å². The number of halogens is 2. The van der Waals surface area contributed by atoms with E-state index in [1.807, 2.05) is 31.2 Å². The van der Waals surface area contributed by atoms with E-state index in [1.54, 1.807) is 23.1 Å². The van der Waals surface area contributed by atoms with E-state index >= 15 is 0 Å². The molecule has 2 aromatic rings. The summed E-state index contributed by atoms with van der Waals surface area (Å²) in [5.41, 5.74) is 1.60. The van der Waals surface area contributed by atoms with Gasteiger partial charge in [-0.1, -0.05) is 40.9 Å². The van der Waals surface area contributed by atoms with E-state index < -0.39 is 0 Å². The fraction of sp³-hybridized carbons (Fsp3) is 0.391. The average molecular weight is 449 g/mol. The van der Waals surface area contributed by atoms with Crippen LogP contribution in [0.4, 0.5) is 0 Å². The Balaban J connectivity index is 1.36. The van der Waals surface area contributed by atoms with Gasteiger partial charge in [0.05, 0.1) is 17.2 Å². The third-order valence-electron chi connectivity index (χ3n) is 5.14. The molecule has 7 heteroatoms. The predicted octanol–water partition coefficient (Wildman–Crippen LogP) is 4.88. The van der Waals surface area contributed by atoms with Crippen molar-refractivity contribution in [1.29, 1.82) is 0 Å². The minimum absolute atomic E-state index is 0.0187. The summed E-state index contributed by atoms with van der Waals surface area (Å²) in [6.07, 6.45) is 2.51. The minimum Gasteiger partial charge on any atom is -0.494 e. The van der Waals surface area contributed by atoms with Crippen molar-refractivity contribution in [3.63, 3.8) is 0 Å². The van der Waals surface area contributed by atoms with Crippen LogP contribution in [0.1, 0.15) is 41.6 Å². The van der Waals surface area contributed by atoms with Crippen LogP contribution < -0.4 is 10.1 Å². The van der Waals surface area contributed by atoms with Crippen molar-refractivity contribution in [3.05, 3.63) is 63.6 Å². The Morgan fingerprint density at radius 2 is 1.80 bits per heavy atom. The van der Waals surface area contributed by atoms with Crippen LogP contribution in [0.3, 0.4) is 0 Å². The van der Waals surface area contributed by atoms with Crippen LogP contribution in [0, 0.1) is 6.92 Å². The zero-order chi connectivity index (χ0) is 21.5. The third kappa shape index (κ3) is 6.38. The molecule has 3 rings (SSSR count). The maximum Gasteiger partial charge on any atom is 0.255 e. The number of nitrogens with zero attached hydrogens (tertiary/aromatic N) is 1. The lowest BCUT2D eigenvalue weighted by atomic mass is 10.0. The fourth-order valence-corrected chi connectivity index (χ4v) is 3.79. The molecule has 2 aromatic carbocycles. The van der Waals surface area contributed by atoms with Gasteiger partial charge in [0.2, 0.25) is 5.91 Å². The highest BCUT2D eigenvalue weighted by Gasteiger charge is 2.25. The first-order valence-electron chi connectivity index (χ1n) is 10.2.